The second-order valence-corrected chi connectivity index (χ2v) is 7.74. The smallest absolute Gasteiger partial charge is 0.279 e. The summed E-state index contributed by atoms with van der Waals surface area (Å²) in [5.74, 6) is -0.291. The van der Waals surface area contributed by atoms with Crippen LogP contribution in [0.5, 0.6) is 0 Å². The van der Waals surface area contributed by atoms with Crippen molar-refractivity contribution in [3.63, 3.8) is 0 Å². The molecule has 2 aromatic rings. The fourth-order valence-electron chi connectivity index (χ4n) is 4.06. The van der Waals surface area contributed by atoms with Gasteiger partial charge in [-0.3, -0.25) is 4.79 Å². The number of nitrogens with one attached hydrogen (secondary N) is 1. The fraction of sp³-hybridized carbons (Fsp3) is 0.222. The van der Waals surface area contributed by atoms with E-state index in [-0.39, 0.29) is 11.6 Å². The van der Waals surface area contributed by atoms with Crippen molar-refractivity contribution >= 4 is 11.5 Å². The second-order valence-electron chi connectivity index (χ2n) is 7.74. The summed E-state index contributed by atoms with van der Waals surface area (Å²) >= 11 is 0. The van der Waals surface area contributed by atoms with Gasteiger partial charge >= 0.3 is 0 Å². The summed E-state index contributed by atoms with van der Waals surface area (Å²) in [4.78, 5) is 13.3. The molecule has 0 aliphatic carbocycles. The predicted molar refractivity (Wildman–Crippen MR) is 127 cm³/mol. The maximum absolute atomic E-state index is 14.5. The summed E-state index contributed by atoms with van der Waals surface area (Å²) in [5.41, 5.74) is 6.03. The standard InChI is InChI=1S/C27H28F2N2O/c1-6-21(23-9-7-8-10-24(23)22-12-11-17(2)15-18(22)3)25(26(28)29)31-14-13-20(16-19(31)4)27(32)30-5/h7-16,26H,4,6H2,1-3,5H3,(H,30,32)/b25-21+. The van der Waals surface area contributed by atoms with E-state index in [1.807, 2.05) is 57.2 Å². The van der Waals surface area contributed by atoms with Gasteiger partial charge in [-0.05, 0) is 60.2 Å². The molecule has 0 saturated heterocycles. The Balaban J connectivity index is 2.18. The van der Waals surface area contributed by atoms with Gasteiger partial charge in [0.2, 0.25) is 0 Å². The number of carbonyl (C=O) groups excluding carboxylic acids is 1. The average molecular weight is 435 g/mol. The molecule has 3 nitrogen and oxygen atoms in total. The molecule has 32 heavy (non-hydrogen) atoms. The molecule has 0 atom stereocenters. The van der Waals surface area contributed by atoms with Gasteiger partial charge < -0.3 is 10.2 Å². The van der Waals surface area contributed by atoms with Crippen molar-refractivity contribution in [1.82, 2.24) is 10.2 Å². The third-order valence-electron chi connectivity index (χ3n) is 5.58. The molecule has 1 heterocycles. The Bertz CT molecular complexity index is 1140. The van der Waals surface area contributed by atoms with E-state index in [2.05, 4.69) is 18.0 Å². The molecule has 5 heteroatoms. The predicted octanol–water partition coefficient (Wildman–Crippen LogP) is 6.37. The second kappa shape index (κ2) is 9.77. The quantitative estimate of drug-likeness (QED) is 0.573. The van der Waals surface area contributed by atoms with Crippen molar-refractivity contribution in [3.05, 3.63) is 101 Å². The lowest BCUT2D eigenvalue weighted by atomic mass is 9.89. The van der Waals surface area contributed by atoms with Crippen LogP contribution in [-0.2, 0) is 4.79 Å². The Labute approximate surface area is 188 Å². The lowest BCUT2D eigenvalue weighted by Crippen LogP contribution is -2.26. The summed E-state index contributed by atoms with van der Waals surface area (Å²) in [6.07, 6.45) is 2.21. The van der Waals surface area contributed by atoms with Crippen LogP contribution in [0.3, 0.4) is 0 Å². The Kier molecular flexibility index (Phi) is 7.08. The molecule has 1 aliphatic heterocycles. The van der Waals surface area contributed by atoms with E-state index in [0.29, 0.717) is 23.3 Å². The number of carbonyl (C=O) groups is 1. The molecule has 1 aliphatic rings. The maximum Gasteiger partial charge on any atom is 0.279 e. The number of hydrogen-bond donors (Lipinski definition) is 1. The highest BCUT2D eigenvalue weighted by Gasteiger charge is 2.27. The monoisotopic (exact) mass is 434 g/mol. The molecule has 0 bridgehead atoms. The maximum atomic E-state index is 14.5. The van der Waals surface area contributed by atoms with Crippen molar-refractivity contribution in [2.24, 2.45) is 0 Å². The van der Waals surface area contributed by atoms with Crippen LogP contribution in [0.4, 0.5) is 8.78 Å². The van der Waals surface area contributed by atoms with Crippen molar-refractivity contribution in [3.8, 4) is 11.1 Å². The molecule has 2 aromatic carbocycles. The van der Waals surface area contributed by atoms with E-state index in [9.17, 15) is 13.6 Å². The summed E-state index contributed by atoms with van der Waals surface area (Å²) in [6, 6.07) is 13.8. The number of amides is 1. The van der Waals surface area contributed by atoms with Crippen molar-refractivity contribution in [1.29, 1.82) is 0 Å². The molecular weight excluding hydrogens is 406 g/mol. The minimum absolute atomic E-state index is 0.127. The first-order chi connectivity index (χ1) is 15.3. The highest BCUT2D eigenvalue weighted by Crippen LogP contribution is 2.38. The zero-order valence-corrected chi connectivity index (χ0v) is 18.9. The van der Waals surface area contributed by atoms with E-state index in [1.54, 1.807) is 0 Å². The lowest BCUT2D eigenvalue weighted by Gasteiger charge is -2.30. The van der Waals surface area contributed by atoms with Gasteiger partial charge in [-0.1, -0.05) is 61.5 Å². The number of alkyl halides is 2. The third kappa shape index (κ3) is 4.57. The number of likely N-dealkylation sites (N-methyl/N-ethyl adjacent to an activating group) is 1. The fourth-order valence-corrected chi connectivity index (χ4v) is 4.06. The Morgan fingerprint density at radius 1 is 1.12 bits per heavy atom. The molecule has 0 fully saturated rings. The van der Waals surface area contributed by atoms with Crippen LogP contribution < -0.4 is 5.32 Å². The molecular formula is C27H28F2N2O. The van der Waals surface area contributed by atoms with Crippen molar-refractivity contribution in [2.75, 3.05) is 7.05 Å². The number of hydrogen-bond acceptors (Lipinski definition) is 2. The lowest BCUT2D eigenvalue weighted by molar-refractivity contribution is -0.116. The van der Waals surface area contributed by atoms with Crippen molar-refractivity contribution < 1.29 is 13.6 Å². The molecule has 1 N–H and O–H groups in total. The average Bonchev–Trinajstić information content (AvgIpc) is 2.77. The van der Waals surface area contributed by atoms with Gasteiger partial charge in [0, 0.05) is 24.5 Å². The number of rotatable bonds is 6. The van der Waals surface area contributed by atoms with E-state index < -0.39 is 6.43 Å². The first-order valence-corrected chi connectivity index (χ1v) is 10.6. The molecule has 3 rings (SSSR count). The summed E-state index contributed by atoms with van der Waals surface area (Å²) < 4.78 is 29.0. The Morgan fingerprint density at radius 2 is 1.84 bits per heavy atom. The van der Waals surface area contributed by atoms with E-state index >= 15 is 0 Å². The number of benzene rings is 2. The number of aryl methyl sites for hydroxylation is 2. The van der Waals surface area contributed by atoms with E-state index in [0.717, 1.165) is 27.8 Å². The largest absolute Gasteiger partial charge is 0.355 e. The summed E-state index contributed by atoms with van der Waals surface area (Å²) in [7, 11) is 1.52. The zero-order chi connectivity index (χ0) is 23.4. The van der Waals surface area contributed by atoms with Crippen LogP contribution in [-0.4, -0.2) is 24.3 Å². The van der Waals surface area contributed by atoms with Gasteiger partial charge in [0.1, 0.15) is 0 Å². The Hall–Kier alpha value is -3.47. The molecule has 166 valence electrons. The first kappa shape index (κ1) is 23.2. The van der Waals surface area contributed by atoms with Crippen LogP contribution in [0.2, 0.25) is 0 Å². The molecule has 0 radical (unpaired) electrons. The minimum Gasteiger partial charge on any atom is -0.355 e. The van der Waals surface area contributed by atoms with Gasteiger partial charge in [-0.25, -0.2) is 8.78 Å². The van der Waals surface area contributed by atoms with Gasteiger partial charge in [-0.2, -0.15) is 0 Å². The molecule has 0 saturated carbocycles. The van der Waals surface area contributed by atoms with Crippen LogP contribution in [0.25, 0.3) is 16.7 Å². The van der Waals surface area contributed by atoms with Gasteiger partial charge in [-0.15, -0.1) is 0 Å². The third-order valence-corrected chi connectivity index (χ3v) is 5.58. The SMILES string of the molecule is C=C1C=C(C(=O)NC)C=CN1/C(=C(\CC)c1ccccc1-c1ccc(C)cc1C)C(F)F. The molecule has 0 aromatic heterocycles. The van der Waals surface area contributed by atoms with Crippen LogP contribution in [0.1, 0.15) is 30.0 Å². The van der Waals surface area contributed by atoms with Crippen LogP contribution in [0, 0.1) is 13.8 Å². The first-order valence-electron chi connectivity index (χ1n) is 10.6. The molecule has 1 amide bonds. The number of halogens is 2. The van der Waals surface area contributed by atoms with Crippen molar-refractivity contribution in [2.45, 2.75) is 33.6 Å². The Morgan fingerprint density at radius 3 is 2.44 bits per heavy atom. The minimum atomic E-state index is -2.73. The summed E-state index contributed by atoms with van der Waals surface area (Å²) in [5, 5.41) is 2.54. The van der Waals surface area contributed by atoms with E-state index in [4.69, 9.17) is 0 Å². The highest BCUT2D eigenvalue weighted by atomic mass is 19.3. The topological polar surface area (TPSA) is 32.3 Å². The normalized spacial score (nSPS) is 14.4. The van der Waals surface area contributed by atoms with E-state index in [1.165, 1.54) is 30.3 Å². The zero-order valence-electron chi connectivity index (χ0n) is 18.9. The summed E-state index contributed by atoms with van der Waals surface area (Å²) in [6.45, 7) is 9.87. The molecule has 0 spiro atoms. The highest BCUT2D eigenvalue weighted by molar-refractivity contribution is 5.96. The number of nitrogens with zero attached hydrogens (tertiary/aromatic N) is 1. The van der Waals surface area contributed by atoms with Crippen LogP contribution >= 0.6 is 0 Å². The van der Waals surface area contributed by atoms with Gasteiger partial charge in [0.05, 0.1) is 5.70 Å². The number of allylic oxidation sites excluding steroid dienone is 3. The van der Waals surface area contributed by atoms with Crippen LogP contribution in [0.15, 0.2) is 84.4 Å². The van der Waals surface area contributed by atoms with Gasteiger partial charge in [0.15, 0.2) is 0 Å². The molecule has 0 unspecified atom stereocenters. The van der Waals surface area contributed by atoms with Gasteiger partial charge in [0.25, 0.3) is 12.3 Å².